The zero-order chi connectivity index (χ0) is 15.2. The van der Waals surface area contributed by atoms with Crippen LogP contribution in [0.15, 0.2) is 36.4 Å². The van der Waals surface area contributed by atoms with E-state index < -0.39 is 0 Å². The number of nitrogens with one attached hydrogen (secondary N) is 1. The number of anilines is 1. The molecule has 0 saturated carbocycles. The number of benzene rings is 2. The number of rotatable bonds is 6. The van der Waals surface area contributed by atoms with Crippen LogP contribution in [0.1, 0.15) is 12.5 Å². The molecule has 0 amide bonds. The Labute approximate surface area is 143 Å². The lowest BCUT2D eigenvalue weighted by molar-refractivity contribution is 0.308. The first-order valence-corrected chi connectivity index (χ1v) is 8.09. The van der Waals surface area contributed by atoms with Crippen LogP contribution in [0.2, 0.25) is 5.02 Å². The Morgan fingerprint density at radius 3 is 2.67 bits per heavy atom. The van der Waals surface area contributed by atoms with Crippen molar-refractivity contribution >= 4 is 39.9 Å². The van der Waals surface area contributed by atoms with Crippen molar-refractivity contribution in [3.63, 3.8) is 0 Å². The fraction of sp³-hybridized carbons (Fsp3) is 0.250. The molecule has 0 aliphatic heterocycles. The van der Waals surface area contributed by atoms with Crippen LogP contribution in [0, 0.1) is 3.57 Å². The number of para-hydroxylation sites is 1. The van der Waals surface area contributed by atoms with Crippen LogP contribution in [0.25, 0.3) is 0 Å². The zero-order valence-electron chi connectivity index (χ0n) is 12.0. The fourth-order valence-corrected chi connectivity index (χ4v) is 2.99. The van der Waals surface area contributed by atoms with Gasteiger partial charge in [-0.2, -0.15) is 0 Å². The Hall–Kier alpha value is -1.14. The van der Waals surface area contributed by atoms with E-state index in [0.29, 0.717) is 18.2 Å². The SMILES string of the molecule is CCOc1c(I)cc(CNc2ccccc2Cl)cc1OC. The molecule has 0 spiro atoms. The average molecular weight is 418 g/mol. The zero-order valence-corrected chi connectivity index (χ0v) is 14.9. The van der Waals surface area contributed by atoms with Gasteiger partial charge in [0.05, 0.1) is 28.0 Å². The van der Waals surface area contributed by atoms with E-state index in [9.17, 15) is 0 Å². The van der Waals surface area contributed by atoms with Crippen LogP contribution in [0.3, 0.4) is 0 Å². The van der Waals surface area contributed by atoms with Crippen molar-refractivity contribution in [2.75, 3.05) is 19.0 Å². The molecule has 0 unspecified atom stereocenters. The topological polar surface area (TPSA) is 30.5 Å². The lowest BCUT2D eigenvalue weighted by atomic mass is 10.2. The van der Waals surface area contributed by atoms with Crippen molar-refractivity contribution in [3.05, 3.63) is 50.6 Å². The highest BCUT2D eigenvalue weighted by Crippen LogP contribution is 2.34. The van der Waals surface area contributed by atoms with Crippen molar-refractivity contribution in [3.8, 4) is 11.5 Å². The molecule has 2 aromatic carbocycles. The molecule has 0 aliphatic carbocycles. The van der Waals surface area contributed by atoms with Gasteiger partial charge in [0.2, 0.25) is 0 Å². The van der Waals surface area contributed by atoms with Crippen molar-refractivity contribution in [2.45, 2.75) is 13.5 Å². The molecule has 0 aromatic heterocycles. The second-order valence-corrected chi connectivity index (χ2v) is 5.94. The van der Waals surface area contributed by atoms with Crippen molar-refractivity contribution in [1.82, 2.24) is 0 Å². The second kappa shape index (κ2) is 7.75. The van der Waals surface area contributed by atoms with Crippen LogP contribution < -0.4 is 14.8 Å². The third kappa shape index (κ3) is 4.17. The first kappa shape index (κ1) is 16.2. The largest absolute Gasteiger partial charge is 0.493 e. The minimum absolute atomic E-state index is 0.615. The van der Waals surface area contributed by atoms with Gasteiger partial charge in [-0.15, -0.1) is 0 Å². The van der Waals surface area contributed by atoms with Gasteiger partial charge in [0, 0.05) is 6.54 Å². The molecule has 0 atom stereocenters. The van der Waals surface area contributed by atoms with Gasteiger partial charge in [-0.25, -0.2) is 0 Å². The van der Waals surface area contributed by atoms with E-state index in [1.54, 1.807) is 7.11 Å². The minimum Gasteiger partial charge on any atom is -0.493 e. The van der Waals surface area contributed by atoms with Gasteiger partial charge in [0.1, 0.15) is 0 Å². The summed E-state index contributed by atoms with van der Waals surface area (Å²) in [5, 5.41) is 4.04. The summed E-state index contributed by atoms with van der Waals surface area (Å²) in [6, 6.07) is 11.8. The summed E-state index contributed by atoms with van der Waals surface area (Å²) in [7, 11) is 1.65. The van der Waals surface area contributed by atoms with Gasteiger partial charge in [-0.05, 0) is 59.3 Å². The Morgan fingerprint density at radius 2 is 2.00 bits per heavy atom. The van der Waals surface area contributed by atoms with E-state index in [0.717, 1.165) is 26.3 Å². The molecule has 1 N–H and O–H groups in total. The molecule has 2 aromatic rings. The summed E-state index contributed by atoms with van der Waals surface area (Å²) in [6.07, 6.45) is 0. The predicted octanol–water partition coefficient (Wildman–Crippen LogP) is 4.96. The standard InChI is InChI=1S/C16H17ClINO2/c1-3-21-16-13(18)8-11(9-15(16)20-2)10-19-14-7-5-4-6-12(14)17/h4-9,19H,3,10H2,1-2H3. The van der Waals surface area contributed by atoms with E-state index in [2.05, 4.69) is 34.0 Å². The quantitative estimate of drug-likeness (QED) is 0.674. The maximum absolute atomic E-state index is 6.14. The van der Waals surface area contributed by atoms with Crippen molar-refractivity contribution in [2.24, 2.45) is 0 Å². The fourth-order valence-electron chi connectivity index (χ4n) is 1.96. The average Bonchev–Trinajstić information content (AvgIpc) is 2.48. The molecular weight excluding hydrogens is 401 g/mol. The van der Waals surface area contributed by atoms with E-state index in [1.807, 2.05) is 37.3 Å². The molecule has 2 rings (SSSR count). The molecule has 0 aliphatic rings. The maximum Gasteiger partial charge on any atom is 0.174 e. The highest BCUT2D eigenvalue weighted by Gasteiger charge is 2.11. The molecule has 0 radical (unpaired) electrons. The van der Waals surface area contributed by atoms with Gasteiger partial charge in [-0.1, -0.05) is 23.7 Å². The van der Waals surface area contributed by atoms with Gasteiger partial charge < -0.3 is 14.8 Å². The van der Waals surface area contributed by atoms with Crippen LogP contribution in [0.5, 0.6) is 11.5 Å². The van der Waals surface area contributed by atoms with Gasteiger partial charge in [0.25, 0.3) is 0 Å². The smallest absolute Gasteiger partial charge is 0.174 e. The normalized spacial score (nSPS) is 10.3. The molecule has 0 fully saturated rings. The van der Waals surface area contributed by atoms with Crippen LogP contribution in [-0.2, 0) is 6.54 Å². The number of halogens is 2. The number of ether oxygens (including phenoxy) is 2. The van der Waals surface area contributed by atoms with E-state index in [-0.39, 0.29) is 0 Å². The summed E-state index contributed by atoms with van der Waals surface area (Å²) in [5.74, 6) is 1.54. The van der Waals surface area contributed by atoms with Gasteiger partial charge >= 0.3 is 0 Å². The lowest BCUT2D eigenvalue weighted by Crippen LogP contribution is -2.03. The molecule has 5 heteroatoms. The first-order valence-electron chi connectivity index (χ1n) is 6.63. The molecule has 0 heterocycles. The Bertz CT molecular complexity index is 619. The van der Waals surface area contributed by atoms with Crippen LogP contribution in [0.4, 0.5) is 5.69 Å². The molecular formula is C16H17ClINO2. The minimum atomic E-state index is 0.615. The van der Waals surface area contributed by atoms with Crippen LogP contribution in [-0.4, -0.2) is 13.7 Å². The molecule has 112 valence electrons. The van der Waals surface area contributed by atoms with E-state index in [4.69, 9.17) is 21.1 Å². The summed E-state index contributed by atoms with van der Waals surface area (Å²) >= 11 is 8.40. The number of hydrogen-bond acceptors (Lipinski definition) is 3. The molecule has 0 bridgehead atoms. The molecule has 0 saturated heterocycles. The Balaban J connectivity index is 2.17. The summed E-state index contributed by atoms with van der Waals surface area (Å²) in [4.78, 5) is 0. The summed E-state index contributed by atoms with van der Waals surface area (Å²) < 4.78 is 12.1. The summed E-state index contributed by atoms with van der Waals surface area (Å²) in [6.45, 7) is 3.24. The number of hydrogen-bond donors (Lipinski definition) is 1. The third-order valence-electron chi connectivity index (χ3n) is 2.93. The van der Waals surface area contributed by atoms with Gasteiger partial charge in [0.15, 0.2) is 11.5 Å². The van der Waals surface area contributed by atoms with E-state index in [1.165, 1.54) is 0 Å². The predicted molar refractivity (Wildman–Crippen MR) is 95.7 cm³/mol. The maximum atomic E-state index is 6.14. The second-order valence-electron chi connectivity index (χ2n) is 4.38. The molecule has 21 heavy (non-hydrogen) atoms. The highest BCUT2D eigenvalue weighted by molar-refractivity contribution is 14.1. The van der Waals surface area contributed by atoms with Crippen molar-refractivity contribution in [1.29, 1.82) is 0 Å². The number of methoxy groups -OCH3 is 1. The van der Waals surface area contributed by atoms with Gasteiger partial charge in [-0.3, -0.25) is 0 Å². The van der Waals surface area contributed by atoms with Crippen LogP contribution >= 0.6 is 34.2 Å². The monoisotopic (exact) mass is 417 g/mol. The first-order chi connectivity index (χ1) is 10.2. The Kier molecular flexibility index (Phi) is 5.99. The third-order valence-corrected chi connectivity index (χ3v) is 4.07. The lowest BCUT2D eigenvalue weighted by Gasteiger charge is -2.14. The van der Waals surface area contributed by atoms with E-state index >= 15 is 0 Å². The highest BCUT2D eigenvalue weighted by atomic mass is 127. The van der Waals surface area contributed by atoms with Crippen molar-refractivity contribution < 1.29 is 9.47 Å². The summed E-state index contributed by atoms with van der Waals surface area (Å²) in [5.41, 5.74) is 2.03. The Morgan fingerprint density at radius 1 is 1.24 bits per heavy atom. The molecule has 3 nitrogen and oxygen atoms in total.